The van der Waals surface area contributed by atoms with Crippen molar-refractivity contribution in [2.24, 2.45) is 0 Å². The summed E-state index contributed by atoms with van der Waals surface area (Å²) in [5, 5.41) is 5.96. The monoisotopic (exact) mass is 235 g/mol. The fourth-order valence-corrected chi connectivity index (χ4v) is 1.40. The van der Waals surface area contributed by atoms with Crippen molar-refractivity contribution >= 4 is 5.91 Å². The van der Waals surface area contributed by atoms with Crippen molar-refractivity contribution in [3.63, 3.8) is 0 Å². The highest BCUT2D eigenvalue weighted by Gasteiger charge is 2.24. The zero-order valence-electron chi connectivity index (χ0n) is 10.8. The molecule has 2 rings (SSSR count). The standard InChI is InChI=1S/C11H15N3O.C2H6/c1-12-7-8-4-5-13-10(6-8)11(15)14-9-2-3-9;1-2/h4-6,9,12H,2-3,7H2,1H3,(H,14,15);1-2H3. The number of nitrogens with one attached hydrogen (secondary N) is 2. The minimum atomic E-state index is -0.0598. The Kier molecular flexibility index (Phi) is 5.63. The van der Waals surface area contributed by atoms with Crippen LogP contribution in [0.15, 0.2) is 18.3 Å². The van der Waals surface area contributed by atoms with Crippen LogP contribution in [0.4, 0.5) is 0 Å². The average molecular weight is 235 g/mol. The molecule has 1 heterocycles. The molecule has 1 aliphatic rings. The molecular formula is C13H21N3O. The minimum absolute atomic E-state index is 0.0598. The van der Waals surface area contributed by atoms with Crippen LogP contribution in [0, 0.1) is 0 Å². The van der Waals surface area contributed by atoms with Gasteiger partial charge >= 0.3 is 0 Å². The van der Waals surface area contributed by atoms with Crippen molar-refractivity contribution in [1.82, 2.24) is 15.6 Å². The molecule has 0 radical (unpaired) electrons. The first-order chi connectivity index (χ1) is 8.29. The number of amides is 1. The molecule has 4 nitrogen and oxygen atoms in total. The predicted molar refractivity (Wildman–Crippen MR) is 68.8 cm³/mol. The van der Waals surface area contributed by atoms with Gasteiger partial charge in [0.05, 0.1) is 0 Å². The van der Waals surface area contributed by atoms with E-state index in [-0.39, 0.29) is 5.91 Å². The van der Waals surface area contributed by atoms with E-state index in [1.165, 1.54) is 0 Å². The number of pyridine rings is 1. The average Bonchev–Trinajstić information content (AvgIpc) is 3.16. The Hall–Kier alpha value is -1.42. The van der Waals surface area contributed by atoms with Gasteiger partial charge in [-0.2, -0.15) is 0 Å². The molecule has 0 atom stereocenters. The summed E-state index contributed by atoms with van der Waals surface area (Å²) in [6.07, 6.45) is 3.87. The lowest BCUT2D eigenvalue weighted by molar-refractivity contribution is 0.0946. The summed E-state index contributed by atoms with van der Waals surface area (Å²) < 4.78 is 0. The quantitative estimate of drug-likeness (QED) is 0.835. The highest BCUT2D eigenvalue weighted by molar-refractivity contribution is 5.92. The van der Waals surface area contributed by atoms with Crippen LogP contribution in [0.5, 0.6) is 0 Å². The molecule has 0 bridgehead atoms. The number of hydrogen-bond donors (Lipinski definition) is 2. The topological polar surface area (TPSA) is 54.0 Å². The van der Waals surface area contributed by atoms with Crippen LogP contribution in [-0.2, 0) is 6.54 Å². The van der Waals surface area contributed by atoms with Crippen molar-refractivity contribution in [3.05, 3.63) is 29.6 Å². The van der Waals surface area contributed by atoms with Gasteiger partial charge in [0, 0.05) is 18.8 Å². The summed E-state index contributed by atoms with van der Waals surface area (Å²) in [6, 6.07) is 4.12. The molecule has 1 fully saturated rings. The second kappa shape index (κ2) is 7.01. The molecule has 4 heteroatoms. The number of nitrogens with zero attached hydrogens (tertiary/aromatic N) is 1. The third-order valence-corrected chi connectivity index (χ3v) is 2.35. The first-order valence-corrected chi connectivity index (χ1v) is 6.20. The van der Waals surface area contributed by atoms with Gasteiger partial charge in [-0.15, -0.1) is 0 Å². The maximum Gasteiger partial charge on any atom is 0.270 e. The third-order valence-electron chi connectivity index (χ3n) is 2.35. The molecule has 1 amide bonds. The molecule has 0 aromatic carbocycles. The van der Waals surface area contributed by atoms with Gasteiger partial charge in [0.1, 0.15) is 5.69 Å². The highest BCUT2D eigenvalue weighted by atomic mass is 16.2. The molecule has 17 heavy (non-hydrogen) atoms. The van der Waals surface area contributed by atoms with Crippen molar-refractivity contribution in [1.29, 1.82) is 0 Å². The molecule has 0 aliphatic heterocycles. The fraction of sp³-hybridized carbons (Fsp3) is 0.538. The van der Waals surface area contributed by atoms with Crippen LogP contribution < -0.4 is 10.6 Å². The largest absolute Gasteiger partial charge is 0.348 e. The van der Waals surface area contributed by atoms with Crippen LogP contribution in [0.25, 0.3) is 0 Å². The molecule has 94 valence electrons. The van der Waals surface area contributed by atoms with Gasteiger partial charge in [-0.1, -0.05) is 13.8 Å². The summed E-state index contributed by atoms with van der Waals surface area (Å²) >= 11 is 0. The van der Waals surface area contributed by atoms with E-state index < -0.39 is 0 Å². The van der Waals surface area contributed by atoms with Gasteiger partial charge in [-0.25, -0.2) is 0 Å². The normalized spacial score (nSPS) is 13.6. The van der Waals surface area contributed by atoms with E-state index >= 15 is 0 Å². The number of hydrogen-bond acceptors (Lipinski definition) is 3. The van der Waals surface area contributed by atoms with Gasteiger partial charge in [-0.3, -0.25) is 9.78 Å². The first kappa shape index (κ1) is 13.6. The van der Waals surface area contributed by atoms with E-state index in [9.17, 15) is 4.79 Å². The molecule has 1 saturated carbocycles. The van der Waals surface area contributed by atoms with Crippen molar-refractivity contribution < 1.29 is 4.79 Å². The van der Waals surface area contributed by atoms with E-state index in [0.717, 1.165) is 24.9 Å². The lowest BCUT2D eigenvalue weighted by Crippen LogP contribution is -2.26. The lowest BCUT2D eigenvalue weighted by atomic mass is 10.2. The predicted octanol–water partition coefficient (Wildman–Crippen LogP) is 1.72. The Labute approximate surface area is 103 Å². The zero-order chi connectivity index (χ0) is 12.7. The summed E-state index contributed by atoms with van der Waals surface area (Å²) in [5.74, 6) is -0.0598. The van der Waals surface area contributed by atoms with Crippen molar-refractivity contribution in [3.8, 4) is 0 Å². The van der Waals surface area contributed by atoms with Gasteiger partial charge in [0.15, 0.2) is 0 Å². The molecular weight excluding hydrogens is 214 g/mol. The minimum Gasteiger partial charge on any atom is -0.348 e. The Balaban J connectivity index is 0.000000686. The summed E-state index contributed by atoms with van der Waals surface area (Å²) in [7, 11) is 1.88. The van der Waals surface area contributed by atoms with Crippen LogP contribution in [0.3, 0.4) is 0 Å². The summed E-state index contributed by atoms with van der Waals surface area (Å²) in [4.78, 5) is 15.7. The number of aromatic nitrogens is 1. The van der Waals surface area contributed by atoms with Crippen molar-refractivity contribution in [2.75, 3.05) is 7.05 Å². The summed E-state index contributed by atoms with van der Waals surface area (Å²) in [5.41, 5.74) is 1.59. The Morgan fingerprint density at radius 1 is 1.47 bits per heavy atom. The zero-order valence-corrected chi connectivity index (χ0v) is 10.8. The molecule has 1 aromatic heterocycles. The summed E-state index contributed by atoms with van der Waals surface area (Å²) in [6.45, 7) is 4.76. The third kappa shape index (κ3) is 4.53. The van der Waals surface area contributed by atoms with Crippen LogP contribution in [-0.4, -0.2) is 24.0 Å². The highest BCUT2D eigenvalue weighted by Crippen LogP contribution is 2.19. The number of carbonyl (C=O) groups excluding carboxylic acids is 1. The molecule has 0 unspecified atom stereocenters. The van der Waals surface area contributed by atoms with E-state index in [0.29, 0.717) is 11.7 Å². The molecule has 1 aromatic rings. The molecule has 1 aliphatic carbocycles. The second-order valence-electron chi connectivity index (χ2n) is 3.83. The number of carbonyl (C=O) groups is 1. The Bertz CT molecular complexity index is 361. The molecule has 0 spiro atoms. The Morgan fingerprint density at radius 3 is 2.76 bits per heavy atom. The SMILES string of the molecule is CC.CNCc1ccnc(C(=O)NC2CC2)c1. The van der Waals surface area contributed by atoms with E-state index in [1.54, 1.807) is 6.20 Å². The maximum absolute atomic E-state index is 11.7. The maximum atomic E-state index is 11.7. The van der Waals surface area contributed by atoms with Crippen LogP contribution in [0.1, 0.15) is 42.7 Å². The van der Waals surface area contributed by atoms with E-state index in [2.05, 4.69) is 15.6 Å². The first-order valence-electron chi connectivity index (χ1n) is 6.20. The van der Waals surface area contributed by atoms with Crippen molar-refractivity contribution in [2.45, 2.75) is 39.3 Å². The van der Waals surface area contributed by atoms with Gasteiger partial charge in [-0.05, 0) is 37.6 Å². The van der Waals surface area contributed by atoms with Gasteiger partial charge in [0.2, 0.25) is 0 Å². The second-order valence-corrected chi connectivity index (χ2v) is 3.83. The lowest BCUT2D eigenvalue weighted by Gasteiger charge is -2.04. The van der Waals surface area contributed by atoms with Crippen LogP contribution in [0.2, 0.25) is 0 Å². The van der Waals surface area contributed by atoms with Gasteiger partial charge in [0.25, 0.3) is 5.91 Å². The van der Waals surface area contributed by atoms with E-state index in [4.69, 9.17) is 0 Å². The van der Waals surface area contributed by atoms with E-state index in [1.807, 2.05) is 33.0 Å². The smallest absolute Gasteiger partial charge is 0.270 e. The van der Waals surface area contributed by atoms with Gasteiger partial charge < -0.3 is 10.6 Å². The fourth-order valence-electron chi connectivity index (χ4n) is 1.40. The number of rotatable bonds is 4. The Morgan fingerprint density at radius 2 is 2.18 bits per heavy atom. The molecule has 0 saturated heterocycles. The molecule has 2 N–H and O–H groups in total. The van der Waals surface area contributed by atoms with Crippen LogP contribution >= 0.6 is 0 Å².